The highest BCUT2D eigenvalue weighted by Gasteiger charge is 2.39. The van der Waals surface area contributed by atoms with Crippen molar-refractivity contribution in [2.75, 3.05) is 32.7 Å². The summed E-state index contributed by atoms with van der Waals surface area (Å²) in [5.74, 6) is 1.71. The van der Waals surface area contributed by atoms with Crippen LogP contribution in [0.1, 0.15) is 59.8 Å². The molecule has 27 heavy (non-hydrogen) atoms. The number of amides is 2. The van der Waals surface area contributed by atoms with Gasteiger partial charge in [-0.3, -0.25) is 9.59 Å². The van der Waals surface area contributed by atoms with Gasteiger partial charge in [-0.15, -0.1) is 0 Å². The van der Waals surface area contributed by atoms with Gasteiger partial charge in [-0.1, -0.05) is 27.7 Å². The molecule has 2 saturated heterocycles. The lowest BCUT2D eigenvalue weighted by atomic mass is 9.92. The van der Waals surface area contributed by atoms with E-state index < -0.39 is 0 Å². The lowest BCUT2D eigenvalue weighted by Gasteiger charge is -2.42. The lowest BCUT2D eigenvalue weighted by molar-refractivity contribution is -0.150. The highest BCUT2D eigenvalue weighted by atomic mass is 16.2. The molecule has 156 valence electrons. The fourth-order valence-electron chi connectivity index (χ4n) is 4.42. The Morgan fingerprint density at radius 2 is 1.81 bits per heavy atom. The molecule has 2 rings (SSSR count). The SMILES string of the molecule is CC(C)C[C@@H]1NCCN([C@@H](CC(C)C)C(=O)N2CCC(CCN)CC2)C1=O. The molecule has 0 radical (unpaired) electrons. The van der Waals surface area contributed by atoms with Gasteiger partial charge < -0.3 is 20.9 Å². The molecule has 2 fully saturated rings. The number of piperazine rings is 1. The van der Waals surface area contributed by atoms with Gasteiger partial charge in [-0.2, -0.15) is 0 Å². The van der Waals surface area contributed by atoms with E-state index >= 15 is 0 Å². The fourth-order valence-corrected chi connectivity index (χ4v) is 4.42. The van der Waals surface area contributed by atoms with E-state index in [1.807, 2.05) is 9.80 Å². The highest BCUT2D eigenvalue weighted by molar-refractivity contribution is 5.90. The van der Waals surface area contributed by atoms with Gasteiger partial charge in [0.1, 0.15) is 6.04 Å². The quantitative estimate of drug-likeness (QED) is 0.673. The maximum atomic E-state index is 13.4. The van der Waals surface area contributed by atoms with Gasteiger partial charge in [0.25, 0.3) is 0 Å². The second-order valence-electron chi connectivity index (χ2n) is 9.16. The van der Waals surface area contributed by atoms with Crippen LogP contribution in [-0.4, -0.2) is 66.4 Å². The van der Waals surface area contributed by atoms with Crippen LogP contribution in [0.25, 0.3) is 0 Å². The zero-order valence-corrected chi connectivity index (χ0v) is 17.7. The summed E-state index contributed by atoms with van der Waals surface area (Å²) >= 11 is 0. The molecule has 3 N–H and O–H groups in total. The molecule has 0 aromatic rings. The van der Waals surface area contributed by atoms with Gasteiger partial charge in [0.05, 0.1) is 6.04 Å². The van der Waals surface area contributed by atoms with E-state index in [2.05, 4.69) is 33.0 Å². The largest absolute Gasteiger partial charge is 0.341 e. The van der Waals surface area contributed by atoms with Crippen LogP contribution in [0.2, 0.25) is 0 Å². The number of carbonyl (C=O) groups is 2. The van der Waals surface area contributed by atoms with Crippen molar-refractivity contribution < 1.29 is 9.59 Å². The van der Waals surface area contributed by atoms with Gasteiger partial charge in [-0.05, 0) is 56.4 Å². The van der Waals surface area contributed by atoms with Crippen molar-refractivity contribution in [2.45, 2.75) is 71.9 Å². The number of nitrogens with zero attached hydrogens (tertiary/aromatic N) is 2. The Hall–Kier alpha value is -1.14. The Kier molecular flexibility index (Phi) is 8.55. The molecule has 0 bridgehead atoms. The Morgan fingerprint density at radius 3 is 2.37 bits per heavy atom. The number of nitrogens with two attached hydrogens (primary N) is 1. The summed E-state index contributed by atoms with van der Waals surface area (Å²) in [5, 5.41) is 3.35. The van der Waals surface area contributed by atoms with Gasteiger partial charge in [0.15, 0.2) is 0 Å². The third-order valence-electron chi connectivity index (χ3n) is 5.89. The van der Waals surface area contributed by atoms with Crippen molar-refractivity contribution in [1.29, 1.82) is 0 Å². The van der Waals surface area contributed by atoms with Crippen molar-refractivity contribution in [2.24, 2.45) is 23.5 Å². The maximum absolute atomic E-state index is 13.4. The molecule has 0 saturated carbocycles. The predicted octanol–water partition coefficient (Wildman–Crippen LogP) is 1.84. The molecule has 2 aliphatic rings. The summed E-state index contributed by atoms with van der Waals surface area (Å²) < 4.78 is 0. The molecular formula is C21H40N4O2. The Labute approximate surface area is 165 Å². The maximum Gasteiger partial charge on any atom is 0.245 e. The molecule has 6 nitrogen and oxygen atoms in total. The summed E-state index contributed by atoms with van der Waals surface area (Å²) in [6.45, 7) is 12.2. The van der Waals surface area contributed by atoms with Crippen molar-refractivity contribution in [3.05, 3.63) is 0 Å². The zero-order valence-electron chi connectivity index (χ0n) is 17.7. The molecule has 6 heteroatoms. The number of hydrogen-bond donors (Lipinski definition) is 2. The Bertz CT molecular complexity index is 487. The van der Waals surface area contributed by atoms with Crippen LogP contribution in [0.4, 0.5) is 0 Å². The highest BCUT2D eigenvalue weighted by Crippen LogP contribution is 2.24. The van der Waals surface area contributed by atoms with Crippen LogP contribution in [-0.2, 0) is 9.59 Å². The number of carbonyl (C=O) groups excluding carboxylic acids is 2. The van der Waals surface area contributed by atoms with Crippen LogP contribution in [0.3, 0.4) is 0 Å². The number of nitrogens with one attached hydrogen (secondary N) is 1. The van der Waals surface area contributed by atoms with Crippen LogP contribution in [0.5, 0.6) is 0 Å². The van der Waals surface area contributed by atoms with E-state index in [1.54, 1.807) is 0 Å². The van der Waals surface area contributed by atoms with E-state index in [0.29, 0.717) is 24.3 Å². The standard InChI is InChI=1S/C21H40N4O2/c1-15(2)13-18-20(26)25(12-9-23-18)19(14-16(3)4)21(27)24-10-6-17(5-8-22)7-11-24/h15-19,23H,5-14,22H2,1-4H3/t18-,19-/m0/s1. The molecule has 0 aromatic carbocycles. The molecule has 0 aromatic heterocycles. The van der Waals surface area contributed by atoms with Crippen LogP contribution < -0.4 is 11.1 Å². The first kappa shape index (κ1) is 22.2. The fraction of sp³-hybridized carbons (Fsp3) is 0.905. The normalized spacial score (nSPS) is 23.4. The first-order valence-electron chi connectivity index (χ1n) is 10.9. The molecule has 0 unspecified atom stereocenters. The molecule has 2 heterocycles. The summed E-state index contributed by atoms with van der Waals surface area (Å²) in [7, 11) is 0. The zero-order chi connectivity index (χ0) is 20.0. The number of hydrogen-bond acceptors (Lipinski definition) is 4. The van der Waals surface area contributed by atoms with E-state index in [1.165, 1.54) is 0 Å². The minimum atomic E-state index is -0.319. The van der Waals surface area contributed by atoms with Gasteiger partial charge >= 0.3 is 0 Å². The van der Waals surface area contributed by atoms with Gasteiger partial charge in [0, 0.05) is 26.2 Å². The van der Waals surface area contributed by atoms with Crippen molar-refractivity contribution in [3.8, 4) is 0 Å². The predicted molar refractivity (Wildman–Crippen MR) is 109 cm³/mol. The minimum Gasteiger partial charge on any atom is -0.341 e. The Morgan fingerprint density at radius 1 is 1.15 bits per heavy atom. The molecular weight excluding hydrogens is 340 g/mol. The third-order valence-corrected chi connectivity index (χ3v) is 5.89. The summed E-state index contributed by atoms with van der Waals surface area (Å²) in [4.78, 5) is 30.3. The number of rotatable bonds is 8. The van der Waals surface area contributed by atoms with E-state index in [0.717, 1.165) is 58.3 Å². The summed E-state index contributed by atoms with van der Waals surface area (Å²) in [6, 6.07) is -0.475. The third kappa shape index (κ3) is 6.18. The second-order valence-corrected chi connectivity index (χ2v) is 9.16. The monoisotopic (exact) mass is 380 g/mol. The van der Waals surface area contributed by atoms with E-state index in [-0.39, 0.29) is 23.9 Å². The molecule has 0 aliphatic carbocycles. The summed E-state index contributed by atoms with van der Waals surface area (Å²) in [5.41, 5.74) is 5.69. The molecule has 2 amide bonds. The average Bonchev–Trinajstić information content (AvgIpc) is 2.61. The van der Waals surface area contributed by atoms with E-state index in [4.69, 9.17) is 5.73 Å². The van der Waals surface area contributed by atoms with Gasteiger partial charge in [-0.25, -0.2) is 0 Å². The molecule has 2 atom stereocenters. The van der Waals surface area contributed by atoms with E-state index in [9.17, 15) is 9.59 Å². The second kappa shape index (κ2) is 10.4. The van der Waals surface area contributed by atoms with Crippen molar-refractivity contribution in [3.63, 3.8) is 0 Å². The molecule has 2 aliphatic heterocycles. The first-order chi connectivity index (χ1) is 12.8. The Balaban J connectivity index is 2.07. The molecule has 0 spiro atoms. The number of likely N-dealkylation sites (tertiary alicyclic amines) is 1. The van der Waals surface area contributed by atoms with Crippen LogP contribution in [0, 0.1) is 17.8 Å². The average molecular weight is 381 g/mol. The van der Waals surface area contributed by atoms with Crippen molar-refractivity contribution in [1.82, 2.24) is 15.1 Å². The minimum absolute atomic E-state index is 0.104. The summed E-state index contributed by atoms with van der Waals surface area (Å²) in [6.07, 6.45) is 4.67. The first-order valence-corrected chi connectivity index (χ1v) is 10.9. The van der Waals surface area contributed by atoms with Gasteiger partial charge in [0.2, 0.25) is 11.8 Å². The van der Waals surface area contributed by atoms with Crippen molar-refractivity contribution >= 4 is 11.8 Å². The number of piperidine rings is 1. The van der Waals surface area contributed by atoms with Crippen LogP contribution in [0.15, 0.2) is 0 Å². The smallest absolute Gasteiger partial charge is 0.245 e. The lowest BCUT2D eigenvalue weighted by Crippen LogP contribution is -2.62. The van der Waals surface area contributed by atoms with Crippen LogP contribution >= 0.6 is 0 Å². The topological polar surface area (TPSA) is 78.7 Å².